The molecule has 0 saturated heterocycles. The maximum Gasteiger partial charge on any atom is 0.200 e. The molecule has 1 aromatic carbocycles. The van der Waals surface area contributed by atoms with Gasteiger partial charge in [0.1, 0.15) is 5.82 Å². The average Bonchev–Trinajstić information content (AvgIpc) is 2.88. The van der Waals surface area contributed by atoms with E-state index in [0.717, 1.165) is 11.3 Å². The van der Waals surface area contributed by atoms with E-state index in [1.807, 2.05) is 19.9 Å². The van der Waals surface area contributed by atoms with Crippen LogP contribution in [0.5, 0.6) is 0 Å². The molecule has 0 radical (unpaired) electrons. The van der Waals surface area contributed by atoms with Gasteiger partial charge in [0.15, 0.2) is 6.29 Å². The first kappa shape index (κ1) is 15.2. The zero-order chi connectivity index (χ0) is 14.5. The second-order valence-electron chi connectivity index (χ2n) is 4.08. The number of aromatic amines is 1. The van der Waals surface area contributed by atoms with E-state index in [1.165, 1.54) is 12.1 Å². The summed E-state index contributed by atoms with van der Waals surface area (Å²) in [5.74, 6) is -0.294. The molecule has 0 spiro atoms. The summed E-state index contributed by atoms with van der Waals surface area (Å²) in [5, 5.41) is 7.13. The van der Waals surface area contributed by atoms with Gasteiger partial charge in [-0.15, -0.1) is 0 Å². The fourth-order valence-electron chi connectivity index (χ4n) is 1.82. The fraction of sp³-hybridized carbons (Fsp3) is 0.357. The van der Waals surface area contributed by atoms with Crippen LogP contribution in [0.2, 0.25) is 0 Å². The molecule has 2 aromatic rings. The second kappa shape index (κ2) is 6.97. The number of halogens is 2. The minimum atomic E-state index is -0.467. The second-order valence-corrected chi connectivity index (χ2v) is 4.93. The number of nitrogens with zero attached hydrogens (tertiary/aromatic N) is 1. The number of hydrogen-bond donors (Lipinski definition) is 1. The van der Waals surface area contributed by atoms with Gasteiger partial charge in [0.05, 0.1) is 11.4 Å². The molecule has 2 rings (SSSR count). The molecule has 0 amide bonds. The molecule has 0 fully saturated rings. The maximum atomic E-state index is 13.1. The predicted octanol–water partition coefficient (Wildman–Crippen LogP) is 4.05. The lowest BCUT2D eigenvalue weighted by Gasteiger charge is -2.14. The molecule has 1 heterocycles. The Balaban J connectivity index is 2.27. The van der Waals surface area contributed by atoms with Gasteiger partial charge in [0.2, 0.25) is 0 Å². The Morgan fingerprint density at radius 1 is 1.25 bits per heavy atom. The van der Waals surface area contributed by atoms with Gasteiger partial charge in [0.25, 0.3) is 0 Å². The monoisotopic (exact) mass is 342 g/mol. The van der Waals surface area contributed by atoms with E-state index < -0.39 is 6.29 Å². The van der Waals surface area contributed by atoms with Gasteiger partial charge in [-0.3, -0.25) is 5.10 Å². The van der Waals surface area contributed by atoms with Crippen LogP contribution < -0.4 is 0 Å². The summed E-state index contributed by atoms with van der Waals surface area (Å²) in [7, 11) is 0. The molecule has 20 heavy (non-hydrogen) atoms. The van der Waals surface area contributed by atoms with Gasteiger partial charge < -0.3 is 9.47 Å². The van der Waals surface area contributed by atoms with E-state index in [2.05, 4.69) is 26.1 Å². The summed E-state index contributed by atoms with van der Waals surface area (Å²) in [6.45, 7) is 4.89. The van der Waals surface area contributed by atoms with E-state index >= 15 is 0 Å². The molecule has 0 saturated carbocycles. The molecule has 1 N–H and O–H groups in total. The molecule has 0 atom stereocenters. The first-order valence-corrected chi connectivity index (χ1v) is 7.19. The SMILES string of the molecule is CCOC(OCC)c1cc(-c2ccc(F)cc2Br)n[nH]1. The standard InChI is InChI=1S/C14H16BrFN2O2/c1-3-19-14(20-4-2)13-8-12(17-18-13)10-6-5-9(16)7-11(10)15/h5-8,14H,3-4H2,1-2H3,(H,17,18). The van der Waals surface area contributed by atoms with Crippen molar-refractivity contribution in [3.63, 3.8) is 0 Å². The summed E-state index contributed by atoms with van der Waals surface area (Å²) in [4.78, 5) is 0. The van der Waals surface area contributed by atoms with Gasteiger partial charge in [-0.25, -0.2) is 4.39 Å². The van der Waals surface area contributed by atoms with Crippen LogP contribution in [0.25, 0.3) is 11.3 Å². The Kier molecular flexibility index (Phi) is 5.28. The Morgan fingerprint density at radius 3 is 2.55 bits per heavy atom. The van der Waals surface area contributed by atoms with E-state index in [9.17, 15) is 4.39 Å². The summed E-state index contributed by atoms with van der Waals surface area (Å²) >= 11 is 3.34. The lowest BCUT2D eigenvalue weighted by atomic mass is 10.1. The van der Waals surface area contributed by atoms with Crippen molar-refractivity contribution in [3.8, 4) is 11.3 Å². The van der Waals surface area contributed by atoms with Crippen LogP contribution in [0, 0.1) is 5.82 Å². The van der Waals surface area contributed by atoms with E-state index in [4.69, 9.17) is 9.47 Å². The van der Waals surface area contributed by atoms with Crippen molar-refractivity contribution < 1.29 is 13.9 Å². The first-order chi connectivity index (χ1) is 9.65. The Labute approximate surface area is 125 Å². The molecule has 1 aromatic heterocycles. The number of benzene rings is 1. The molecule has 6 heteroatoms. The van der Waals surface area contributed by atoms with Crippen LogP contribution in [0.3, 0.4) is 0 Å². The molecule has 0 aliphatic carbocycles. The molecular weight excluding hydrogens is 327 g/mol. The molecule has 4 nitrogen and oxygen atoms in total. The van der Waals surface area contributed by atoms with Crippen molar-refractivity contribution in [2.45, 2.75) is 20.1 Å². The van der Waals surface area contributed by atoms with Gasteiger partial charge in [-0.05, 0) is 54.0 Å². The highest BCUT2D eigenvalue weighted by Crippen LogP contribution is 2.29. The quantitative estimate of drug-likeness (QED) is 0.805. The van der Waals surface area contributed by atoms with Gasteiger partial charge in [0, 0.05) is 23.2 Å². The molecule has 0 aliphatic rings. The largest absolute Gasteiger partial charge is 0.347 e. The van der Waals surface area contributed by atoms with Crippen LogP contribution in [0.15, 0.2) is 28.7 Å². The lowest BCUT2D eigenvalue weighted by molar-refractivity contribution is -0.142. The highest BCUT2D eigenvalue weighted by molar-refractivity contribution is 9.10. The summed E-state index contributed by atoms with van der Waals surface area (Å²) < 4.78 is 24.8. The molecule has 108 valence electrons. The number of hydrogen-bond acceptors (Lipinski definition) is 3. The fourth-order valence-corrected chi connectivity index (χ4v) is 2.38. The van der Waals surface area contributed by atoms with Crippen molar-refractivity contribution in [1.29, 1.82) is 0 Å². The number of rotatable bonds is 6. The first-order valence-electron chi connectivity index (χ1n) is 6.39. The van der Waals surface area contributed by atoms with Crippen molar-refractivity contribution in [2.24, 2.45) is 0 Å². The van der Waals surface area contributed by atoms with Crippen LogP contribution in [0.1, 0.15) is 25.8 Å². The smallest absolute Gasteiger partial charge is 0.200 e. The van der Waals surface area contributed by atoms with Crippen molar-refractivity contribution in [2.75, 3.05) is 13.2 Å². The van der Waals surface area contributed by atoms with Crippen LogP contribution in [-0.2, 0) is 9.47 Å². The molecule has 0 bridgehead atoms. The van der Waals surface area contributed by atoms with E-state index in [-0.39, 0.29) is 5.82 Å². The van der Waals surface area contributed by atoms with Crippen LogP contribution >= 0.6 is 15.9 Å². The lowest BCUT2D eigenvalue weighted by Crippen LogP contribution is -2.09. The van der Waals surface area contributed by atoms with Crippen molar-refractivity contribution >= 4 is 15.9 Å². The molecular formula is C14H16BrFN2O2. The Bertz CT molecular complexity index is 568. The van der Waals surface area contributed by atoms with Gasteiger partial charge in [-0.1, -0.05) is 0 Å². The summed E-state index contributed by atoms with van der Waals surface area (Å²) in [6.07, 6.45) is -0.467. The molecule has 0 unspecified atom stereocenters. The third kappa shape index (κ3) is 3.45. The van der Waals surface area contributed by atoms with Gasteiger partial charge >= 0.3 is 0 Å². The van der Waals surface area contributed by atoms with Crippen molar-refractivity contribution in [1.82, 2.24) is 10.2 Å². The Morgan fingerprint density at radius 2 is 1.95 bits per heavy atom. The summed E-state index contributed by atoms with van der Waals surface area (Å²) in [5.41, 5.74) is 2.25. The van der Waals surface area contributed by atoms with Gasteiger partial charge in [-0.2, -0.15) is 5.10 Å². The minimum absolute atomic E-state index is 0.294. The normalized spacial score (nSPS) is 11.2. The van der Waals surface area contributed by atoms with Crippen LogP contribution in [0.4, 0.5) is 4.39 Å². The number of ether oxygens (including phenoxy) is 2. The Hall–Kier alpha value is -1.24. The average molecular weight is 343 g/mol. The van der Waals surface area contributed by atoms with Crippen LogP contribution in [-0.4, -0.2) is 23.4 Å². The number of nitrogens with one attached hydrogen (secondary N) is 1. The van der Waals surface area contributed by atoms with E-state index in [0.29, 0.717) is 23.4 Å². The highest BCUT2D eigenvalue weighted by atomic mass is 79.9. The zero-order valence-electron chi connectivity index (χ0n) is 11.3. The maximum absolute atomic E-state index is 13.1. The third-order valence-corrected chi connectivity index (χ3v) is 3.35. The zero-order valence-corrected chi connectivity index (χ0v) is 12.9. The predicted molar refractivity (Wildman–Crippen MR) is 77.7 cm³/mol. The molecule has 0 aliphatic heterocycles. The highest BCUT2D eigenvalue weighted by Gasteiger charge is 2.16. The summed E-state index contributed by atoms with van der Waals surface area (Å²) in [6, 6.07) is 6.33. The topological polar surface area (TPSA) is 47.1 Å². The number of H-pyrrole nitrogens is 1. The third-order valence-electron chi connectivity index (χ3n) is 2.69. The minimum Gasteiger partial charge on any atom is -0.347 e. The number of aromatic nitrogens is 2. The van der Waals surface area contributed by atoms with Crippen molar-refractivity contribution in [3.05, 3.63) is 40.2 Å². The van der Waals surface area contributed by atoms with E-state index in [1.54, 1.807) is 6.07 Å².